The first-order valence-electron chi connectivity index (χ1n) is 10.1. The Morgan fingerprint density at radius 3 is 2.16 bits per heavy atom. The Hall–Kier alpha value is -3.50. The van der Waals surface area contributed by atoms with Crippen LogP contribution < -0.4 is 16.0 Å². The van der Waals surface area contributed by atoms with Crippen molar-refractivity contribution >= 4 is 11.9 Å². The van der Waals surface area contributed by atoms with E-state index in [9.17, 15) is 14.7 Å². The predicted molar refractivity (Wildman–Crippen MR) is 114 cm³/mol. The lowest BCUT2D eigenvalue weighted by atomic mass is 10.1. The number of carbonyl (C=O) groups is 2. The summed E-state index contributed by atoms with van der Waals surface area (Å²) in [4.78, 5) is 38.2. The number of amides is 1. The third-order valence-electron chi connectivity index (χ3n) is 4.69. The van der Waals surface area contributed by atoms with Crippen LogP contribution in [0.3, 0.4) is 0 Å². The van der Waals surface area contributed by atoms with E-state index in [1.165, 1.54) is 0 Å². The number of carbonyl (C=O) groups excluding carboxylic acids is 1. The SMILES string of the molecule is O=C(N[C@@H](CCCNCc1ncc[nH]1)C(=O)O)c1ccc(CNCc2ncc[nH]2)cc1. The number of imidazole rings is 2. The zero-order valence-corrected chi connectivity index (χ0v) is 17.1. The molecule has 0 fully saturated rings. The second-order valence-electron chi connectivity index (χ2n) is 7.06. The van der Waals surface area contributed by atoms with E-state index >= 15 is 0 Å². The lowest BCUT2D eigenvalue weighted by Crippen LogP contribution is -2.41. The molecule has 0 bridgehead atoms. The van der Waals surface area contributed by atoms with Crippen LogP contribution >= 0.6 is 0 Å². The van der Waals surface area contributed by atoms with Crippen molar-refractivity contribution < 1.29 is 14.7 Å². The van der Waals surface area contributed by atoms with Crippen LogP contribution in [0.15, 0.2) is 49.1 Å². The van der Waals surface area contributed by atoms with E-state index < -0.39 is 17.9 Å². The average molecular weight is 425 g/mol. The van der Waals surface area contributed by atoms with Gasteiger partial charge in [-0.25, -0.2) is 14.8 Å². The van der Waals surface area contributed by atoms with Crippen molar-refractivity contribution in [2.45, 2.75) is 38.5 Å². The molecule has 0 aliphatic heterocycles. The third kappa shape index (κ3) is 7.36. The molecule has 31 heavy (non-hydrogen) atoms. The number of aromatic nitrogens is 4. The smallest absolute Gasteiger partial charge is 0.326 e. The van der Waals surface area contributed by atoms with Gasteiger partial charge in [-0.15, -0.1) is 0 Å². The summed E-state index contributed by atoms with van der Waals surface area (Å²) in [6.45, 7) is 2.46. The third-order valence-corrected chi connectivity index (χ3v) is 4.69. The van der Waals surface area contributed by atoms with E-state index in [2.05, 4.69) is 35.9 Å². The Labute approximate surface area is 179 Å². The van der Waals surface area contributed by atoms with Gasteiger partial charge in [-0.3, -0.25) is 4.79 Å². The standard InChI is InChI=1S/C21H27N7O3/c29-20(16-5-3-15(4-6-16)12-23-14-19-26-10-11-27-19)28-17(21(30)31)2-1-7-22-13-18-24-8-9-25-18/h3-6,8-11,17,22-23H,1-2,7,12-14H2,(H,24,25)(H,26,27)(H,28,29)(H,30,31)/t17-/m0/s1. The molecule has 0 saturated carbocycles. The lowest BCUT2D eigenvalue weighted by Gasteiger charge is -2.15. The van der Waals surface area contributed by atoms with Gasteiger partial charge in [0.2, 0.25) is 0 Å². The van der Waals surface area contributed by atoms with Crippen LogP contribution in [0.5, 0.6) is 0 Å². The van der Waals surface area contributed by atoms with Crippen LogP contribution in [0.1, 0.15) is 40.4 Å². The Bertz CT molecular complexity index is 925. The fourth-order valence-electron chi connectivity index (χ4n) is 3.03. The number of carboxylic acids is 1. The molecule has 2 aromatic heterocycles. The van der Waals surface area contributed by atoms with Gasteiger partial charge in [0.15, 0.2) is 0 Å². The molecule has 0 saturated heterocycles. The predicted octanol–water partition coefficient (Wildman–Crippen LogP) is 1.18. The molecule has 0 unspecified atom stereocenters. The highest BCUT2D eigenvalue weighted by atomic mass is 16.4. The second kappa shape index (κ2) is 11.6. The maximum absolute atomic E-state index is 12.5. The molecule has 0 aliphatic carbocycles. The Morgan fingerprint density at radius 1 is 0.935 bits per heavy atom. The Balaban J connectivity index is 1.40. The average Bonchev–Trinajstić information content (AvgIpc) is 3.47. The number of hydrogen-bond acceptors (Lipinski definition) is 6. The highest BCUT2D eigenvalue weighted by Gasteiger charge is 2.20. The summed E-state index contributed by atoms with van der Waals surface area (Å²) in [6.07, 6.45) is 7.84. The number of benzene rings is 1. The minimum absolute atomic E-state index is 0.334. The molecule has 1 amide bonds. The molecule has 1 aromatic carbocycles. The summed E-state index contributed by atoms with van der Waals surface area (Å²) < 4.78 is 0. The number of aliphatic carboxylic acids is 1. The van der Waals surface area contributed by atoms with Gasteiger partial charge < -0.3 is 31.0 Å². The first-order chi connectivity index (χ1) is 15.1. The van der Waals surface area contributed by atoms with Crippen LogP contribution in [0.4, 0.5) is 0 Å². The molecular formula is C21H27N7O3. The molecule has 6 N–H and O–H groups in total. The molecular weight excluding hydrogens is 398 g/mol. The summed E-state index contributed by atoms with van der Waals surface area (Å²) >= 11 is 0. The summed E-state index contributed by atoms with van der Waals surface area (Å²) in [7, 11) is 0. The van der Waals surface area contributed by atoms with E-state index in [1.807, 2.05) is 12.1 Å². The number of nitrogens with one attached hydrogen (secondary N) is 5. The minimum atomic E-state index is -1.04. The topological polar surface area (TPSA) is 148 Å². The summed E-state index contributed by atoms with van der Waals surface area (Å²) in [6, 6.07) is 6.15. The van der Waals surface area contributed by atoms with E-state index in [4.69, 9.17) is 0 Å². The van der Waals surface area contributed by atoms with E-state index in [-0.39, 0.29) is 0 Å². The molecule has 3 rings (SSSR count). The van der Waals surface area contributed by atoms with Gasteiger partial charge in [0.1, 0.15) is 17.7 Å². The number of hydrogen-bond donors (Lipinski definition) is 6. The van der Waals surface area contributed by atoms with Crippen molar-refractivity contribution in [3.8, 4) is 0 Å². The van der Waals surface area contributed by atoms with E-state index in [0.717, 1.165) is 17.2 Å². The van der Waals surface area contributed by atoms with Crippen molar-refractivity contribution in [1.82, 2.24) is 35.9 Å². The maximum atomic E-state index is 12.5. The number of nitrogens with zero attached hydrogens (tertiary/aromatic N) is 2. The fraction of sp³-hybridized carbons (Fsp3) is 0.333. The first-order valence-corrected chi connectivity index (χ1v) is 10.1. The number of carboxylic acid groups (broad SMARTS) is 1. The van der Waals surface area contributed by atoms with E-state index in [0.29, 0.717) is 44.6 Å². The van der Waals surface area contributed by atoms with Gasteiger partial charge in [-0.05, 0) is 37.1 Å². The molecule has 1 atom stereocenters. The summed E-state index contributed by atoms with van der Waals surface area (Å²) in [5.74, 6) is 0.235. The van der Waals surface area contributed by atoms with Gasteiger partial charge in [-0.2, -0.15) is 0 Å². The van der Waals surface area contributed by atoms with Crippen molar-refractivity contribution in [1.29, 1.82) is 0 Å². The molecule has 0 aliphatic rings. The number of H-pyrrole nitrogens is 2. The molecule has 3 aromatic rings. The number of rotatable bonds is 13. The first kappa shape index (κ1) is 22.2. The van der Waals surface area contributed by atoms with Crippen LogP contribution in [-0.4, -0.2) is 49.5 Å². The van der Waals surface area contributed by atoms with Crippen molar-refractivity contribution in [2.24, 2.45) is 0 Å². The minimum Gasteiger partial charge on any atom is -0.480 e. The lowest BCUT2D eigenvalue weighted by molar-refractivity contribution is -0.139. The normalized spacial score (nSPS) is 11.9. The maximum Gasteiger partial charge on any atom is 0.326 e. The van der Waals surface area contributed by atoms with Crippen LogP contribution in [0.2, 0.25) is 0 Å². The van der Waals surface area contributed by atoms with Crippen LogP contribution in [0, 0.1) is 0 Å². The quantitative estimate of drug-likeness (QED) is 0.225. The molecule has 164 valence electrons. The highest BCUT2D eigenvalue weighted by Crippen LogP contribution is 2.07. The Kier molecular flexibility index (Phi) is 8.32. The monoisotopic (exact) mass is 425 g/mol. The second-order valence-corrected chi connectivity index (χ2v) is 7.06. The van der Waals surface area contributed by atoms with Crippen molar-refractivity contribution in [3.05, 3.63) is 71.8 Å². The highest BCUT2D eigenvalue weighted by molar-refractivity contribution is 5.96. The molecule has 2 heterocycles. The van der Waals surface area contributed by atoms with Gasteiger partial charge in [0.05, 0.1) is 13.1 Å². The molecule has 10 nitrogen and oxygen atoms in total. The summed E-state index contributed by atoms with van der Waals surface area (Å²) in [5.41, 5.74) is 1.44. The molecule has 0 spiro atoms. The zero-order chi connectivity index (χ0) is 21.9. The van der Waals surface area contributed by atoms with E-state index in [1.54, 1.807) is 36.9 Å². The fourth-order valence-corrected chi connectivity index (χ4v) is 3.03. The van der Waals surface area contributed by atoms with Gasteiger partial charge in [0.25, 0.3) is 5.91 Å². The summed E-state index contributed by atoms with van der Waals surface area (Å²) in [5, 5.41) is 18.5. The van der Waals surface area contributed by atoms with Gasteiger partial charge >= 0.3 is 5.97 Å². The largest absolute Gasteiger partial charge is 0.480 e. The van der Waals surface area contributed by atoms with Gasteiger partial charge in [0, 0.05) is 36.9 Å². The van der Waals surface area contributed by atoms with Crippen molar-refractivity contribution in [3.63, 3.8) is 0 Å². The van der Waals surface area contributed by atoms with Crippen LogP contribution in [0.25, 0.3) is 0 Å². The molecule has 10 heteroatoms. The van der Waals surface area contributed by atoms with Crippen molar-refractivity contribution in [2.75, 3.05) is 6.54 Å². The Morgan fingerprint density at radius 2 is 1.58 bits per heavy atom. The van der Waals surface area contributed by atoms with Gasteiger partial charge in [-0.1, -0.05) is 12.1 Å². The molecule has 0 radical (unpaired) electrons. The zero-order valence-electron chi connectivity index (χ0n) is 17.1. The van der Waals surface area contributed by atoms with Crippen LogP contribution in [-0.2, 0) is 24.4 Å². The number of aromatic amines is 2.